The Kier molecular flexibility index (Phi) is 11.3. The summed E-state index contributed by atoms with van der Waals surface area (Å²) in [6.07, 6.45) is 17.5. The summed E-state index contributed by atoms with van der Waals surface area (Å²) in [6.45, 7) is 14.4. The fourth-order valence-corrected chi connectivity index (χ4v) is 11.1. The number of ether oxygens (including phenoxy) is 4. The molecule has 0 aliphatic heterocycles. The van der Waals surface area contributed by atoms with Gasteiger partial charge in [0.1, 0.15) is 11.2 Å². The standard InChI is InChI=1S/C20H30O4.C19H28O4/c1-12(2)10-20(24-18(21)11-23-19(22)13(3)4)16-6-14-5-15(8-16)9-17(20)7-14;1-3-5-6-19(23-18(21)12-22-17(20)4-2)15-8-13-7-14(10-15)11-16(19)9-13/h12,14-17H,3,5-11H2,1-2,4H3;4,13-16H,2-3,5-12H2,1H3. The topological polar surface area (TPSA) is 105 Å². The summed E-state index contributed by atoms with van der Waals surface area (Å²) in [5, 5.41) is 0. The van der Waals surface area contributed by atoms with Gasteiger partial charge in [0, 0.05) is 11.6 Å². The highest BCUT2D eigenvalue weighted by Gasteiger charge is 2.60. The van der Waals surface area contributed by atoms with E-state index in [4.69, 9.17) is 18.9 Å². The van der Waals surface area contributed by atoms with Gasteiger partial charge in [0.05, 0.1) is 0 Å². The molecule has 0 aromatic heterocycles. The summed E-state index contributed by atoms with van der Waals surface area (Å²) in [7, 11) is 0. The van der Waals surface area contributed by atoms with Gasteiger partial charge < -0.3 is 18.9 Å². The highest BCUT2D eigenvalue weighted by Crippen LogP contribution is 2.62. The normalized spacial score (nSPS) is 37.0. The van der Waals surface area contributed by atoms with E-state index in [-0.39, 0.29) is 24.4 Å². The minimum atomic E-state index is -0.574. The molecule has 8 saturated carbocycles. The third-order valence-electron chi connectivity index (χ3n) is 12.5. The van der Waals surface area contributed by atoms with Crippen LogP contribution in [0.5, 0.6) is 0 Å². The SMILES string of the molecule is C=C(C)C(=O)OCC(=O)OC1(CC(C)C)C2CC3CC(C2)CC1C3.C=CC(=O)OCC(=O)OC1(CCCC)C2CC3CC(C2)CC1C3. The zero-order chi connectivity index (χ0) is 33.9. The maximum Gasteiger partial charge on any atom is 0.344 e. The van der Waals surface area contributed by atoms with Crippen molar-refractivity contribution in [1.29, 1.82) is 0 Å². The molecule has 8 bridgehead atoms. The van der Waals surface area contributed by atoms with Crippen molar-refractivity contribution < 1.29 is 38.1 Å². The lowest BCUT2D eigenvalue weighted by molar-refractivity contribution is -0.218. The highest BCUT2D eigenvalue weighted by atomic mass is 16.6. The summed E-state index contributed by atoms with van der Waals surface area (Å²) in [5.74, 6) is 3.87. The van der Waals surface area contributed by atoms with Crippen molar-refractivity contribution in [2.75, 3.05) is 13.2 Å². The summed E-state index contributed by atoms with van der Waals surface area (Å²) < 4.78 is 22.0. The van der Waals surface area contributed by atoms with Crippen molar-refractivity contribution in [2.24, 2.45) is 53.3 Å². The van der Waals surface area contributed by atoms with Crippen LogP contribution in [-0.2, 0) is 38.1 Å². The van der Waals surface area contributed by atoms with Crippen molar-refractivity contribution in [3.63, 3.8) is 0 Å². The number of carbonyl (C=O) groups is 4. The first-order valence-electron chi connectivity index (χ1n) is 18.4. The Morgan fingerprint density at radius 2 is 1.15 bits per heavy atom. The predicted molar refractivity (Wildman–Crippen MR) is 178 cm³/mol. The van der Waals surface area contributed by atoms with Crippen molar-refractivity contribution in [2.45, 2.75) is 129 Å². The van der Waals surface area contributed by atoms with E-state index < -0.39 is 23.9 Å². The molecule has 0 N–H and O–H groups in total. The van der Waals surface area contributed by atoms with Crippen molar-refractivity contribution in [3.8, 4) is 0 Å². The first-order valence-corrected chi connectivity index (χ1v) is 18.4. The Hall–Kier alpha value is -2.64. The smallest absolute Gasteiger partial charge is 0.344 e. The summed E-state index contributed by atoms with van der Waals surface area (Å²) >= 11 is 0. The minimum absolute atomic E-state index is 0.300. The first-order chi connectivity index (χ1) is 22.4. The maximum atomic E-state index is 12.4. The molecule has 47 heavy (non-hydrogen) atoms. The average Bonchev–Trinajstić information content (AvgIpc) is 3.01. The summed E-state index contributed by atoms with van der Waals surface area (Å²) in [4.78, 5) is 47.4. The van der Waals surface area contributed by atoms with Gasteiger partial charge in [-0.25, -0.2) is 19.2 Å². The summed E-state index contributed by atoms with van der Waals surface area (Å²) in [6, 6.07) is 0. The molecule has 0 aromatic rings. The third-order valence-corrected chi connectivity index (χ3v) is 12.5. The third kappa shape index (κ3) is 7.83. The maximum absolute atomic E-state index is 12.4. The second kappa shape index (κ2) is 14.9. The molecule has 0 heterocycles. The fourth-order valence-electron chi connectivity index (χ4n) is 11.1. The van der Waals surface area contributed by atoms with Crippen LogP contribution < -0.4 is 0 Å². The fraction of sp³-hybridized carbons (Fsp3) is 0.795. The molecule has 8 nitrogen and oxygen atoms in total. The van der Waals surface area contributed by atoms with Crippen LogP contribution in [0.25, 0.3) is 0 Å². The molecule has 0 atom stereocenters. The molecule has 8 aliphatic rings. The molecule has 0 amide bonds. The van der Waals surface area contributed by atoms with Crippen LogP contribution >= 0.6 is 0 Å². The quantitative estimate of drug-likeness (QED) is 0.114. The molecular weight excluding hydrogens is 596 g/mol. The molecule has 8 heteroatoms. The number of esters is 4. The van der Waals surface area contributed by atoms with Gasteiger partial charge in [0.15, 0.2) is 13.2 Å². The lowest BCUT2D eigenvalue weighted by Gasteiger charge is -2.60. The lowest BCUT2D eigenvalue weighted by atomic mass is 9.48. The zero-order valence-corrected chi connectivity index (χ0v) is 29.3. The van der Waals surface area contributed by atoms with Gasteiger partial charge in [-0.3, -0.25) is 0 Å². The van der Waals surface area contributed by atoms with Crippen molar-refractivity contribution >= 4 is 23.9 Å². The monoisotopic (exact) mass is 654 g/mol. The molecule has 8 rings (SSSR count). The number of carbonyl (C=O) groups excluding carboxylic acids is 4. The molecule has 0 radical (unpaired) electrons. The first kappa shape index (κ1) is 35.7. The predicted octanol–water partition coefficient (Wildman–Crippen LogP) is 7.53. The molecule has 0 spiro atoms. The van der Waals surface area contributed by atoms with Gasteiger partial charge in [-0.2, -0.15) is 0 Å². The van der Waals surface area contributed by atoms with Gasteiger partial charge in [-0.05, 0) is 144 Å². The largest absolute Gasteiger partial charge is 0.456 e. The number of rotatable bonds is 13. The van der Waals surface area contributed by atoms with Gasteiger partial charge in [0.2, 0.25) is 0 Å². The van der Waals surface area contributed by atoms with E-state index >= 15 is 0 Å². The van der Waals surface area contributed by atoms with Crippen LogP contribution in [0, 0.1) is 53.3 Å². The van der Waals surface area contributed by atoms with Crippen molar-refractivity contribution in [3.05, 3.63) is 24.8 Å². The Bertz CT molecular complexity index is 1140. The van der Waals surface area contributed by atoms with E-state index in [9.17, 15) is 19.2 Å². The van der Waals surface area contributed by atoms with Gasteiger partial charge in [-0.15, -0.1) is 0 Å². The van der Waals surface area contributed by atoms with E-state index in [1.54, 1.807) is 6.92 Å². The van der Waals surface area contributed by atoms with E-state index in [2.05, 4.69) is 33.9 Å². The molecule has 0 saturated heterocycles. The summed E-state index contributed by atoms with van der Waals surface area (Å²) in [5.41, 5.74) is -0.343. The molecule has 8 aliphatic carbocycles. The molecule has 262 valence electrons. The minimum Gasteiger partial charge on any atom is -0.456 e. The van der Waals surface area contributed by atoms with Crippen LogP contribution in [0.3, 0.4) is 0 Å². The average molecular weight is 655 g/mol. The van der Waals surface area contributed by atoms with Crippen LogP contribution in [-0.4, -0.2) is 48.3 Å². The van der Waals surface area contributed by atoms with Crippen LogP contribution in [0.2, 0.25) is 0 Å². The second-order valence-electron chi connectivity index (χ2n) is 16.3. The van der Waals surface area contributed by atoms with E-state index in [1.807, 2.05) is 0 Å². The molecular formula is C39H58O8. The lowest BCUT2D eigenvalue weighted by Crippen LogP contribution is -2.60. The highest BCUT2D eigenvalue weighted by molar-refractivity contribution is 5.88. The Labute approximate surface area is 281 Å². The Morgan fingerprint density at radius 1 is 0.723 bits per heavy atom. The number of hydrogen-bond acceptors (Lipinski definition) is 8. The van der Waals surface area contributed by atoms with Crippen LogP contribution in [0.1, 0.15) is 118 Å². The van der Waals surface area contributed by atoms with Gasteiger partial charge >= 0.3 is 23.9 Å². The second-order valence-corrected chi connectivity index (χ2v) is 16.3. The molecule has 8 fully saturated rings. The molecule has 0 aromatic carbocycles. The van der Waals surface area contributed by atoms with E-state index in [0.29, 0.717) is 35.2 Å². The molecule has 0 unspecified atom stereocenters. The van der Waals surface area contributed by atoms with E-state index in [0.717, 1.165) is 55.4 Å². The zero-order valence-electron chi connectivity index (χ0n) is 29.3. The van der Waals surface area contributed by atoms with Gasteiger partial charge in [-0.1, -0.05) is 40.3 Å². The van der Waals surface area contributed by atoms with Crippen molar-refractivity contribution in [1.82, 2.24) is 0 Å². The van der Waals surface area contributed by atoms with Gasteiger partial charge in [0.25, 0.3) is 0 Å². The Morgan fingerprint density at radius 3 is 1.55 bits per heavy atom. The number of unbranched alkanes of at least 4 members (excludes halogenated alkanes) is 1. The van der Waals surface area contributed by atoms with Crippen LogP contribution in [0.15, 0.2) is 24.8 Å². The Balaban J connectivity index is 0.000000185. The van der Waals surface area contributed by atoms with E-state index in [1.165, 1.54) is 64.2 Å². The number of hydrogen-bond donors (Lipinski definition) is 0. The van der Waals surface area contributed by atoms with Crippen LogP contribution in [0.4, 0.5) is 0 Å².